The summed E-state index contributed by atoms with van der Waals surface area (Å²) in [6.07, 6.45) is -3.43. The largest absolute Gasteiger partial charge is 0.463 e. The van der Waals surface area contributed by atoms with E-state index in [-0.39, 0.29) is 30.3 Å². The summed E-state index contributed by atoms with van der Waals surface area (Å²) in [7, 11) is 0. The highest BCUT2D eigenvalue weighted by atomic mass is 16.8. The van der Waals surface area contributed by atoms with E-state index >= 15 is 0 Å². The van der Waals surface area contributed by atoms with E-state index in [9.17, 15) is 34.2 Å². The molecule has 2 bridgehead atoms. The Bertz CT molecular complexity index is 1580. The van der Waals surface area contributed by atoms with Crippen LogP contribution in [0.25, 0.3) is 6.08 Å². The van der Waals surface area contributed by atoms with Crippen molar-refractivity contribution >= 4 is 35.7 Å². The third-order valence-electron chi connectivity index (χ3n) is 10.6. The first-order chi connectivity index (χ1) is 28.3. The van der Waals surface area contributed by atoms with Gasteiger partial charge in [0.1, 0.15) is 36.8 Å². The van der Waals surface area contributed by atoms with E-state index in [1.165, 1.54) is 26.0 Å². The second-order valence-electron chi connectivity index (χ2n) is 15.3. The number of unbranched alkanes of at least 4 members (excludes halogenated alkanes) is 2. The molecular weight excluding hydrogens is 768 g/mol. The minimum Gasteiger partial charge on any atom is -0.463 e. The first-order valence-electron chi connectivity index (χ1n) is 20.9. The monoisotopic (exact) mass is 830 g/mol. The maximum absolute atomic E-state index is 13.3. The molecule has 1 unspecified atom stereocenters. The number of esters is 4. The van der Waals surface area contributed by atoms with Crippen molar-refractivity contribution in [2.45, 2.75) is 179 Å². The topological polar surface area (TPSA) is 200 Å². The highest BCUT2D eigenvalue weighted by Crippen LogP contribution is 2.34. The second kappa shape index (κ2) is 24.3. The molecule has 2 N–H and O–H groups in total. The lowest BCUT2D eigenvalue weighted by Gasteiger charge is -2.47. The van der Waals surface area contributed by atoms with Gasteiger partial charge in [0, 0.05) is 31.4 Å². The van der Waals surface area contributed by atoms with E-state index in [0.29, 0.717) is 31.2 Å². The molecule has 15 heteroatoms. The van der Waals surface area contributed by atoms with Crippen LogP contribution in [-0.2, 0) is 61.9 Å². The lowest BCUT2D eigenvalue weighted by Crippen LogP contribution is -2.65. The fourth-order valence-electron chi connectivity index (χ4n) is 7.17. The summed E-state index contributed by atoms with van der Waals surface area (Å²) < 4.78 is 48.0. The first kappa shape index (κ1) is 47.7. The molecule has 328 valence electrons. The van der Waals surface area contributed by atoms with Crippen molar-refractivity contribution in [3.05, 3.63) is 53.6 Å². The molecule has 3 aliphatic heterocycles. The molecule has 1 aromatic carbocycles. The Hall–Kier alpha value is -3.99. The molecule has 4 rings (SSSR count). The zero-order chi connectivity index (χ0) is 42.9. The molecular formula is C44H62O15. The Kier molecular flexibility index (Phi) is 19.6. The van der Waals surface area contributed by atoms with Crippen LogP contribution in [0.5, 0.6) is 0 Å². The van der Waals surface area contributed by atoms with Crippen LogP contribution in [0, 0.1) is 0 Å². The van der Waals surface area contributed by atoms with Crippen molar-refractivity contribution in [1.82, 2.24) is 0 Å². The summed E-state index contributed by atoms with van der Waals surface area (Å²) in [4.78, 5) is 64.5. The SMILES string of the molecule is C/C=C(\C)C(=O)O[C@@H]1C(O)[C@@H]2O[C@@H]3[C@H](O[C@@H](CCCCC)CCCCCCC(=O)CCC(=O)OC[C@@H](O2)[C@H]1OC(=O)/C=C/c1ccccc1)O[C@H](C)[C@H](OC(C)=O)[C@@H]3O. The number of carbonyl (C=O) groups is 5. The van der Waals surface area contributed by atoms with Crippen LogP contribution in [0.2, 0.25) is 0 Å². The third kappa shape index (κ3) is 14.9. The number of rotatable bonds is 10. The number of hydrogen-bond acceptors (Lipinski definition) is 15. The Labute approximate surface area is 346 Å². The highest BCUT2D eigenvalue weighted by Gasteiger charge is 2.55. The average molecular weight is 831 g/mol. The van der Waals surface area contributed by atoms with Gasteiger partial charge in [0.2, 0.25) is 0 Å². The number of cyclic esters (lactones) is 1. The molecule has 15 nitrogen and oxygen atoms in total. The summed E-state index contributed by atoms with van der Waals surface area (Å²) in [6, 6.07) is 8.92. The number of benzene rings is 1. The van der Waals surface area contributed by atoms with Gasteiger partial charge in [0.25, 0.3) is 0 Å². The second-order valence-corrected chi connectivity index (χ2v) is 15.3. The molecule has 59 heavy (non-hydrogen) atoms. The van der Waals surface area contributed by atoms with E-state index in [0.717, 1.165) is 44.6 Å². The van der Waals surface area contributed by atoms with E-state index in [2.05, 4.69) is 6.92 Å². The smallest absolute Gasteiger partial charge is 0.333 e. The van der Waals surface area contributed by atoms with Crippen molar-refractivity contribution < 1.29 is 72.1 Å². The van der Waals surface area contributed by atoms with Gasteiger partial charge in [-0.15, -0.1) is 0 Å². The Balaban J connectivity index is 1.74. The Morgan fingerprint density at radius 3 is 2.27 bits per heavy atom. The molecule has 0 amide bonds. The molecule has 1 aromatic rings. The number of carbonyl (C=O) groups excluding carboxylic acids is 5. The predicted octanol–water partition coefficient (Wildman–Crippen LogP) is 5.21. The fourth-order valence-corrected chi connectivity index (χ4v) is 7.17. The normalized spacial score (nSPS) is 32.0. The van der Waals surface area contributed by atoms with Gasteiger partial charge in [0.05, 0.1) is 18.6 Å². The lowest BCUT2D eigenvalue weighted by atomic mass is 9.96. The van der Waals surface area contributed by atoms with E-state index in [4.69, 9.17) is 37.9 Å². The molecule has 0 spiro atoms. The molecule has 3 heterocycles. The summed E-state index contributed by atoms with van der Waals surface area (Å²) >= 11 is 0. The van der Waals surface area contributed by atoms with Crippen LogP contribution in [-0.4, -0.2) is 114 Å². The van der Waals surface area contributed by atoms with Crippen LogP contribution in [0.1, 0.15) is 117 Å². The molecule has 3 aliphatic rings. The zero-order valence-electron chi connectivity index (χ0n) is 34.9. The summed E-state index contributed by atoms with van der Waals surface area (Å²) in [5, 5.41) is 23.8. The van der Waals surface area contributed by atoms with Crippen molar-refractivity contribution in [2.75, 3.05) is 6.61 Å². The van der Waals surface area contributed by atoms with Crippen molar-refractivity contribution in [1.29, 1.82) is 0 Å². The third-order valence-corrected chi connectivity index (χ3v) is 10.6. The number of aliphatic hydroxyl groups excluding tert-OH is 2. The van der Waals surface area contributed by atoms with Gasteiger partial charge in [0.15, 0.2) is 30.9 Å². The number of ether oxygens (including phenoxy) is 8. The zero-order valence-corrected chi connectivity index (χ0v) is 34.9. The Morgan fingerprint density at radius 2 is 1.56 bits per heavy atom. The fraction of sp³-hybridized carbons (Fsp3) is 0.659. The van der Waals surface area contributed by atoms with Crippen LogP contribution >= 0.6 is 0 Å². The lowest BCUT2D eigenvalue weighted by molar-refractivity contribution is -0.369. The first-order valence-corrected chi connectivity index (χ1v) is 20.9. The van der Waals surface area contributed by atoms with Gasteiger partial charge in [-0.25, -0.2) is 9.59 Å². The van der Waals surface area contributed by atoms with Crippen molar-refractivity contribution in [2.24, 2.45) is 0 Å². The van der Waals surface area contributed by atoms with Gasteiger partial charge in [-0.2, -0.15) is 0 Å². The number of fused-ring (bicyclic) bond motifs is 3. The minimum absolute atomic E-state index is 0.0312. The van der Waals surface area contributed by atoms with Crippen LogP contribution in [0.3, 0.4) is 0 Å². The average Bonchev–Trinajstić information content (AvgIpc) is 3.21. The number of hydrogen-bond donors (Lipinski definition) is 2. The van der Waals surface area contributed by atoms with E-state index < -0.39 is 91.9 Å². The van der Waals surface area contributed by atoms with Gasteiger partial charge in [-0.3, -0.25) is 14.4 Å². The minimum atomic E-state index is -1.87. The standard InChI is InChI=1S/C44H62O15/c1-6-8-12-20-32-21-16-10-9-15-19-31(46)23-25-34(47)52-26-33-39(57-35(48)24-22-30-17-13-11-14-18-30)40(58-42(51)27(3)7-2)37(50)43(56-33)59-41-36(49)38(54-29(5)45)28(4)53-44(41)55-32/h7,11,13-14,17-18,22,24,28,32-33,36-41,43-44,49-50H,6,8-10,12,15-16,19-21,23,25-26H2,1-5H3/b24-22+,27-7+/t28-,32+,33-,36+,37?,38+,39-,40-,41+,43+,44+/m1/s1. The Morgan fingerprint density at radius 1 is 0.814 bits per heavy atom. The van der Waals surface area contributed by atoms with Gasteiger partial charge >= 0.3 is 23.9 Å². The van der Waals surface area contributed by atoms with Crippen molar-refractivity contribution in [3.8, 4) is 0 Å². The molecule has 0 radical (unpaired) electrons. The molecule has 3 saturated heterocycles. The molecule has 3 fully saturated rings. The molecule has 0 aliphatic carbocycles. The van der Waals surface area contributed by atoms with E-state index in [1.54, 1.807) is 38.1 Å². The van der Waals surface area contributed by atoms with Crippen molar-refractivity contribution in [3.63, 3.8) is 0 Å². The summed E-state index contributed by atoms with van der Waals surface area (Å²) in [5.74, 6) is -3.23. The number of Topliss-reactive ketones (excluding diaryl/α,β-unsaturated/α-hetero) is 1. The van der Waals surface area contributed by atoms with Gasteiger partial charge in [-0.1, -0.05) is 81.9 Å². The summed E-state index contributed by atoms with van der Waals surface area (Å²) in [5.41, 5.74) is 0.863. The van der Waals surface area contributed by atoms with Gasteiger partial charge < -0.3 is 48.1 Å². The summed E-state index contributed by atoms with van der Waals surface area (Å²) in [6.45, 7) is 7.45. The van der Waals surface area contributed by atoms with Crippen LogP contribution < -0.4 is 0 Å². The maximum atomic E-state index is 13.3. The predicted molar refractivity (Wildman–Crippen MR) is 212 cm³/mol. The number of aliphatic hydroxyl groups is 2. The van der Waals surface area contributed by atoms with E-state index in [1.807, 2.05) is 6.07 Å². The maximum Gasteiger partial charge on any atom is 0.333 e. The number of ketones is 1. The quantitative estimate of drug-likeness (QED) is 0.135. The van der Waals surface area contributed by atoms with Crippen LogP contribution in [0.15, 0.2) is 48.1 Å². The molecule has 0 aromatic heterocycles. The molecule has 0 saturated carbocycles. The van der Waals surface area contributed by atoms with Gasteiger partial charge in [-0.05, 0) is 51.7 Å². The number of allylic oxidation sites excluding steroid dienone is 1. The molecule has 11 atom stereocenters. The highest BCUT2D eigenvalue weighted by molar-refractivity contribution is 5.88. The van der Waals surface area contributed by atoms with Crippen LogP contribution in [0.4, 0.5) is 0 Å².